The highest BCUT2D eigenvalue weighted by Gasteiger charge is 2.35. The minimum Gasteiger partial charge on any atom is -0.441 e. The highest BCUT2D eigenvalue weighted by Crippen LogP contribution is 2.35. The maximum atomic E-state index is 13.3. The number of hydrogen-bond acceptors (Lipinski definition) is 6. The van der Waals surface area contributed by atoms with Gasteiger partial charge in [0.15, 0.2) is 0 Å². The summed E-state index contributed by atoms with van der Waals surface area (Å²) in [5.41, 5.74) is 7.88. The Kier molecular flexibility index (Phi) is 9.27. The van der Waals surface area contributed by atoms with Crippen molar-refractivity contribution in [1.82, 2.24) is 20.1 Å². The molecule has 8 nitrogen and oxygen atoms in total. The third-order valence-corrected chi connectivity index (χ3v) is 7.56. The van der Waals surface area contributed by atoms with Gasteiger partial charge in [-0.1, -0.05) is 23.7 Å². The van der Waals surface area contributed by atoms with Gasteiger partial charge in [-0.15, -0.1) is 0 Å². The van der Waals surface area contributed by atoms with Crippen LogP contribution < -0.4 is 11.1 Å². The lowest BCUT2D eigenvalue weighted by atomic mass is 9.86. The number of aromatic nitrogens is 1. The van der Waals surface area contributed by atoms with E-state index in [2.05, 4.69) is 15.2 Å². The Balaban J connectivity index is 1.30. The van der Waals surface area contributed by atoms with Crippen LogP contribution in [0.25, 0.3) is 0 Å². The van der Waals surface area contributed by atoms with Gasteiger partial charge in [-0.2, -0.15) is 0 Å². The molecule has 37 heavy (non-hydrogen) atoms. The third kappa shape index (κ3) is 7.58. The van der Waals surface area contributed by atoms with Crippen LogP contribution in [-0.4, -0.2) is 59.0 Å². The molecule has 0 saturated carbocycles. The van der Waals surface area contributed by atoms with Crippen molar-refractivity contribution in [2.75, 3.05) is 31.9 Å². The number of alkyl carbamates (subject to hydrolysis) is 1. The standard InChI is InChI=1S/C28H38ClN5O3/c1-19(2)32-28(36)37-26(21-3-5-24(29)6-4-21)22-10-15-34(16-11-22)27(35)23-8-13-33(14-9-23)18-20-7-12-31-25(30)17-20/h3-7,12,17,19,22-23,26H,8-11,13-16,18H2,1-2H3,(H2,30,31)(H,32,36). The summed E-state index contributed by atoms with van der Waals surface area (Å²) in [6, 6.07) is 11.4. The van der Waals surface area contributed by atoms with Crippen molar-refractivity contribution in [1.29, 1.82) is 0 Å². The molecule has 1 atom stereocenters. The molecule has 0 spiro atoms. The fourth-order valence-corrected chi connectivity index (χ4v) is 5.47. The fourth-order valence-electron chi connectivity index (χ4n) is 5.34. The predicted octanol–water partition coefficient (Wildman–Crippen LogP) is 4.64. The molecule has 2 aromatic rings. The topological polar surface area (TPSA) is 101 Å². The number of pyridine rings is 1. The highest BCUT2D eigenvalue weighted by atomic mass is 35.5. The van der Waals surface area contributed by atoms with Crippen LogP contribution in [0, 0.1) is 11.8 Å². The van der Waals surface area contributed by atoms with Crippen LogP contribution in [0.5, 0.6) is 0 Å². The van der Waals surface area contributed by atoms with Gasteiger partial charge in [0, 0.05) is 48.7 Å². The zero-order valence-corrected chi connectivity index (χ0v) is 22.5. The van der Waals surface area contributed by atoms with Crippen LogP contribution in [0.4, 0.5) is 10.6 Å². The molecule has 9 heteroatoms. The van der Waals surface area contributed by atoms with Gasteiger partial charge in [-0.3, -0.25) is 9.69 Å². The van der Waals surface area contributed by atoms with E-state index >= 15 is 0 Å². The Morgan fingerprint density at radius 2 is 1.76 bits per heavy atom. The summed E-state index contributed by atoms with van der Waals surface area (Å²) in [6.07, 6.45) is 4.25. The first-order chi connectivity index (χ1) is 17.8. The molecular formula is C28H38ClN5O3. The van der Waals surface area contributed by atoms with Crippen LogP contribution in [0.2, 0.25) is 5.02 Å². The molecule has 0 aliphatic carbocycles. The minimum absolute atomic E-state index is 0.00733. The molecule has 0 radical (unpaired) electrons. The summed E-state index contributed by atoms with van der Waals surface area (Å²) in [6.45, 7) is 7.79. The average molecular weight is 528 g/mol. The SMILES string of the molecule is CC(C)NC(=O)OC(c1ccc(Cl)cc1)C1CCN(C(=O)C2CCN(Cc3ccnc(N)c3)CC2)CC1. The molecule has 1 aromatic heterocycles. The number of amides is 2. The molecule has 2 fully saturated rings. The molecular weight excluding hydrogens is 490 g/mol. The molecule has 3 N–H and O–H groups in total. The van der Waals surface area contributed by atoms with Crippen LogP contribution in [-0.2, 0) is 16.1 Å². The normalized spacial score (nSPS) is 18.5. The number of benzene rings is 1. The van der Waals surface area contributed by atoms with Gasteiger partial charge in [0.1, 0.15) is 11.9 Å². The number of halogens is 1. The molecule has 2 amide bonds. The quantitative estimate of drug-likeness (QED) is 0.544. The Morgan fingerprint density at radius 3 is 2.38 bits per heavy atom. The number of anilines is 1. The van der Waals surface area contributed by atoms with E-state index in [1.807, 2.05) is 55.1 Å². The molecule has 200 valence electrons. The number of nitrogen functional groups attached to an aromatic ring is 1. The molecule has 2 aliphatic heterocycles. The first-order valence-corrected chi connectivity index (χ1v) is 13.6. The number of ether oxygens (including phenoxy) is 1. The number of hydrogen-bond donors (Lipinski definition) is 2. The van der Waals surface area contributed by atoms with Crippen LogP contribution in [0.1, 0.15) is 56.8 Å². The molecule has 3 heterocycles. The second-order valence-electron chi connectivity index (χ2n) is 10.5. The first-order valence-electron chi connectivity index (χ1n) is 13.2. The molecule has 0 bridgehead atoms. The third-order valence-electron chi connectivity index (χ3n) is 7.31. The molecule has 1 aromatic carbocycles. The van der Waals surface area contributed by atoms with E-state index in [0.717, 1.165) is 56.4 Å². The zero-order valence-electron chi connectivity index (χ0n) is 21.7. The summed E-state index contributed by atoms with van der Waals surface area (Å²) in [5, 5.41) is 3.46. The maximum Gasteiger partial charge on any atom is 0.407 e. The number of nitrogens with one attached hydrogen (secondary N) is 1. The van der Waals surface area contributed by atoms with E-state index in [1.54, 1.807) is 6.20 Å². The number of nitrogens with zero attached hydrogens (tertiary/aromatic N) is 3. The van der Waals surface area contributed by atoms with Crippen molar-refractivity contribution >= 4 is 29.4 Å². The predicted molar refractivity (Wildman–Crippen MR) is 145 cm³/mol. The highest BCUT2D eigenvalue weighted by molar-refractivity contribution is 6.30. The largest absolute Gasteiger partial charge is 0.441 e. The first kappa shape index (κ1) is 27.2. The van der Waals surface area contributed by atoms with E-state index in [4.69, 9.17) is 22.1 Å². The Labute approximate surface area is 224 Å². The average Bonchev–Trinajstić information content (AvgIpc) is 2.88. The van der Waals surface area contributed by atoms with E-state index in [-0.39, 0.29) is 29.9 Å². The molecule has 2 aliphatic rings. The van der Waals surface area contributed by atoms with Gasteiger partial charge < -0.3 is 20.7 Å². The number of rotatable bonds is 7. The van der Waals surface area contributed by atoms with E-state index in [9.17, 15) is 9.59 Å². The van der Waals surface area contributed by atoms with Crippen molar-refractivity contribution in [3.63, 3.8) is 0 Å². The van der Waals surface area contributed by atoms with Crippen LogP contribution in [0.3, 0.4) is 0 Å². The van der Waals surface area contributed by atoms with E-state index in [1.165, 1.54) is 0 Å². The second kappa shape index (κ2) is 12.6. The lowest BCUT2D eigenvalue weighted by molar-refractivity contribution is -0.139. The summed E-state index contributed by atoms with van der Waals surface area (Å²) in [5.74, 6) is 0.996. The van der Waals surface area contributed by atoms with Crippen molar-refractivity contribution < 1.29 is 14.3 Å². The number of likely N-dealkylation sites (tertiary alicyclic amines) is 2. The lowest BCUT2D eigenvalue weighted by Gasteiger charge is -2.39. The summed E-state index contributed by atoms with van der Waals surface area (Å²) in [7, 11) is 0. The lowest BCUT2D eigenvalue weighted by Crippen LogP contribution is -2.46. The minimum atomic E-state index is -0.422. The number of carbonyl (C=O) groups excluding carboxylic acids is 2. The number of piperidine rings is 2. The van der Waals surface area contributed by atoms with Crippen molar-refractivity contribution in [3.05, 3.63) is 58.7 Å². The van der Waals surface area contributed by atoms with E-state index in [0.29, 0.717) is 23.9 Å². The van der Waals surface area contributed by atoms with Crippen molar-refractivity contribution in [2.45, 2.75) is 58.2 Å². The molecule has 4 rings (SSSR count). The van der Waals surface area contributed by atoms with Crippen LogP contribution in [0.15, 0.2) is 42.6 Å². The maximum absolute atomic E-state index is 13.3. The monoisotopic (exact) mass is 527 g/mol. The van der Waals surface area contributed by atoms with Gasteiger partial charge in [-0.05, 0) is 88.0 Å². The molecule has 1 unspecified atom stereocenters. The Hall–Kier alpha value is -2.84. The number of nitrogens with two attached hydrogens (primary N) is 1. The van der Waals surface area contributed by atoms with Crippen molar-refractivity contribution in [3.8, 4) is 0 Å². The number of carbonyl (C=O) groups is 2. The van der Waals surface area contributed by atoms with Gasteiger partial charge >= 0.3 is 6.09 Å². The zero-order chi connectivity index (χ0) is 26.4. The summed E-state index contributed by atoms with van der Waals surface area (Å²) < 4.78 is 5.89. The van der Waals surface area contributed by atoms with E-state index < -0.39 is 6.09 Å². The summed E-state index contributed by atoms with van der Waals surface area (Å²) in [4.78, 5) is 34.2. The van der Waals surface area contributed by atoms with Gasteiger partial charge in [-0.25, -0.2) is 9.78 Å². The van der Waals surface area contributed by atoms with Gasteiger partial charge in [0.25, 0.3) is 0 Å². The fraction of sp³-hybridized carbons (Fsp3) is 0.536. The van der Waals surface area contributed by atoms with Crippen molar-refractivity contribution in [2.24, 2.45) is 11.8 Å². The Bertz CT molecular complexity index is 1050. The van der Waals surface area contributed by atoms with Gasteiger partial charge in [0.05, 0.1) is 0 Å². The molecule has 2 saturated heterocycles. The van der Waals surface area contributed by atoms with Gasteiger partial charge in [0.2, 0.25) is 5.91 Å². The smallest absolute Gasteiger partial charge is 0.407 e. The Morgan fingerprint density at radius 1 is 1.08 bits per heavy atom. The second-order valence-corrected chi connectivity index (χ2v) is 10.9. The summed E-state index contributed by atoms with van der Waals surface area (Å²) >= 11 is 6.09. The van der Waals surface area contributed by atoms with Crippen LogP contribution >= 0.6 is 11.6 Å².